The molecule has 5 heteroatoms. The average Bonchev–Trinajstić information content (AvgIpc) is 3.24. The molecule has 3 aromatic rings. The number of fused-ring (bicyclic) bond motifs is 1. The van der Waals surface area contributed by atoms with Crippen molar-refractivity contribution < 1.29 is 4.79 Å². The maximum absolute atomic E-state index is 12.5. The molecule has 0 saturated heterocycles. The Balaban J connectivity index is 1.48. The summed E-state index contributed by atoms with van der Waals surface area (Å²) < 4.78 is 1.72. The summed E-state index contributed by atoms with van der Waals surface area (Å²) >= 11 is 0. The molecule has 1 aliphatic carbocycles. The summed E-state index contributed by atoms with van der Waals surface area (Å²) in [6.07, 6.45) is 4.77. The first-order valence-electron chi connectivity index (χ1n) is 8.15. The van der Waals surface area contributed by atoms with E-state index in [2.05, 4.69) is 21.5 Å². The molecule has 5 nitrogen and oxygen atoms in total. The fraction of sp³-hybridized carbons (Fsp3) is 0.211. The fourth-order valence-electron chi connectivity index (χ4n) is 3.20. The molecular formula is C19H18N4O. The Morgan fingerprint density at radius 3 is 2.83 bits per heavy atom. The Hall–Kier alpha value is -2.95. The number of aromatic nitrogens is 3. The largest absolute Gasteiger partial charge is 0.289 e. The minimum Gasteiger partial charge on any atom is -0.289 e. The van der Waals surface area contributed by atoms with Crippen molar-refractivity contribution in [2.75, 3.05) is 5.32 Å². The van der Waals surface area contributed by atoms with E-state index >= 15 is 0 Å². The lowest BCUT2D eigenvalue weighted by molar-refractivity contribution is 0.102. The zero-order chi connectivity index (χ0) is 16.4. The highest BCUT2D eigenvalue weighted by Crippen LogP contribution is 2.25. The molecule has 0 fully saturated rings. The molecule has 24 heavy (non-hydrogen) atoms. The van der Waals surface area contributed by atoms with E-state index in [0.717, 1.165) is 30.4 Å². The van der Waals surface area contributed by atoms with Crippen molar-refractivity contribution in [1.82, 2.24) is 14.8 Å². The van der Waals surface area contributed by atoms with Gasteiger partial charge < -0.3 is 0 Å². The summed E-state index contributed by atoms with van der Waals surface area (Å²) in [5.41, 5.74) is 4.33. The van der Waals surface area contributed by atoms with Gasteiger partial charge in [0.1, 0.15) is 6.33 Å². The zero-order valence-corrected chi connectivity index (χ0v) is 13.3. The van der Waals surface area contributed by atoms with Crippen LogP contribution in [-0.2, 0) is 19.4 Å². The Labute approximate surface area is 140 Å². The second kappa shape index (κ2) is 6.28. The van der Waals surface area contributed by atoms with Gasteiger partial charge in [0.25, 0.3) is 5.91 Å². The maximum atomic E-state index is 12.5. The maximum Gasteiger partial charge on any atom is 0.258 e. The molecule has 1 aliphatic rings. The topological polar surface area (TPSA) is 59.8 Å². The van der Waals surface area contributed by atoms with Gasteiger partial charge in [-0.2, -0.15) is 0 Å². The van der Waals surface area contributed by atoms with E-state index in [0.29, 0.717) is 12.5 Å². The molecular weight excluding hydrogens is 300 g/mol. The van der Waals surface area contributed by atoms with Crippen LogP contribution < -0.4 is 5.32 Å². The lowest BCUT2D eigenvalue weighted by atomic mass is 10.0. The summed E-state index contributed by atoms with van der Waals surface area (Å²) in [6.45, 7) is 0.629. The van der Waals surface area contributed by atoms with E-state index in [1.807, 2.05) is 42.5 Å². The van der Waals surface area contributed by atoms with E-state index in [1.165, 1.54) is 11.1 Å². The Bertz CT molecular complexity index is 870. The molecule has 0 bridgehead atoms. The highest BCUT2D eigenvalue weighted by Gasteiger charge is 2.19. The van der Waals surface area contributed by atoms with Crippen LogP contribution in [0.1, 0.15) is 33.5 Å². The number of nitrogens with zero attached hydrogens (tertiary/aromatic N) is 3. The fourth-order valence-corrected chi connectivity index (χ4v) is 3.20. The van der Waals surface area contributed by atoms with Crippen LogP contribution in [0.25, 0.3) is 0 Å². The molecule has 0 atom stereocenters. The number of anilines is 1. The van der Waals surface area contributed by atoms with Crippen LogP contribution in [0, 0.1) is 0 Å². The van der Waals surface area contributed by atoms with E-state index in [4.69, 9.17) is 0 Å². The molecule has 0 saturated carbocycles. The molecule has 1 heterocycles. The van der Waals surface area contributed by atoms with Crippen LogP contribution in [0.15, 0.2) is 54.9 Å². The predicted octanol–water partition coefficient (Wildman–Crippen LogP) is 3.07. The second-order valence-corrected chi connectivity index (χ2v) is 6.00. The molecule has 0 aliphatic heterocycles. The second-order valence-electron chi connectivity index (χ2n) is 6.00. The average molecular weight is 318 g/mol. The number of amides is 1. The first kappa shape index (κ1) is 14.6. The highest BCUT2D eigenvalue weighted by molar-refractivity contribution is 6.04. The first-order chi connectivity index (χ1) is 11.8. The van der Waals surface area contributed by atoms with Gasteiger partial charge in [0.15, 0.2) is 0 Å². The minimum atomic E-state index is -0.133. The van der Waals surface area contributed by atoms with Gasteiger partial charge >= 0.3 is 0 Å². The Morgan fingerprint density at radius 2 is 1.96 bits per heavy atom. The molecule has 1 N–H and O–H groups in total. The minimum absolute atomic E-state index is 0.133. The van der Waals surface area contributed by atoms with Gasteiger partial charge in [-0.15, -0.1) is 5.10 Å². The summed E-state index contributed by atoms with van der Waals surface area (Å²) in [5, 5.41) is 7.15. The van der Waals surface area contributed by atoms with Gasteiger partial charge in [-0.3, -0.25) is 10.1 Å². The number of carbonyl (C=O) groups is 1. The Morgan fingerprint density at radius 1 is 1.08 bits per heavy atom. The van der Waals surface area contributed by atoms with Gasteiger partial charge in [0.05, 0.1) is 6.54 Å². The SMILES string of the molecule is O=C(Nc1ncn(Cc2ccccc2)n1)c1cccc2c1CCC2. The lowest BCUT2D eigenvalue weighted by Gasteiger charge is -2.07. The third kappa shape index (κ3) is 2.93. The number of benzene rings is 2. The molecule has 0 unspecified atom stereocenters. The van der Waals surface area contributed by atoms with Crippen LogP contribution in [0.2, 0.25) is 0 Å². The van der Waals surface area contributed by atoms with Crippen molar-refractivity contribution in [3.63, 3.8) is 0 Å². The number of aryl methyl sites for hydroxylation is 1. The number of carbonyl (C=O) groups excluding carboxylic acids is 1. The summed E-state index contributed by atoms with van der Waals surface area (Å²) in [4.78, 5) is 16.7. The molecule has 1 amide bonds. The van der Waals surface area contributed by atoms with Crippen molar-refractivity contribution in [1.29, 1.82) is 0 Å². The van der Waals surface area contributed by atoms with Gasteiger partial charge in [0.2, 0.25) is 5.95 Å². The van der Waals surface area contributed by atoms with Crippen LogP contribution in [0.4, 0.5) is 5.95 Å². The van der Waals surface area contributed by atoms with Gasteiger partial charge in [-0.05, 0) is 42.0 Å². The highest BCUT2D eigenvalue weighted by atomic mass is 16.1. The first-order valence-corrected chi connectivity index (χ1v) is 8.15. The smallest absolute Gasteiger partial charge is 0.258 e. The third-order valence-electron chi connectivity index (χ3n) is 4.34. The molecule has 1 aromatic heterocycles. The van der Waals surface area contributed by atoms with Crippen molar-refractivity contribution in [2.45, 2.75) is 25.8 Å². The molecule has 0 radical (unpaired) electrons. The monoisotopic (exact) mass is 318 g/mol. The van der Waals surface area contributed by atoms with Crippen LogP contribution in [0.5, 0.6) is 0 Å². The standard InChI is InChI=1S/C19H18N4O/c24-18(17-11-5-9-15-8-4-10-16(15)17)21-19-20-13-23(22-19)12-14-6-2-1-3-7-14/h1-3,5-7,9,11,13H,4,8,10,12H2,(H,21,22,24). The van der Waals surface area contributed by atoms with Crippen LogP contribution in [0.3, 0.4) is 0 Å². The normalized spacial score (nSPS) is 12.8. The van der Waals surface area contributed by atoms with Crippen molar-refractivity contribution >= 4 is 11.9 Å². The number of nitrogens with one attached hydrogen (secondary N) is 1. The number of rotatable bonds is 4. The quantitative estimate of drug-likeness (QED) is 0.804. The zero-order valence-electron chi connectivity index (χ0n) is 13.3. The van der Waals surface area contributed by atoms with E-state index in [1.54, 1.807) is 11.0 Å². The summed E-state index contributed by atoms with van der Waals surface area (Å²) in [5.74, 6) is 0.206. The predicted molar refractivity (Wildman–Crippen MR) is 92.0 cm³/mol. The number of hydrogen-bond donors (Lipinski definition) is 1. The van der Waals surface area contributed by atoms with Crippen LogP contribution in [-0.4, -0.2) is 20.7 Å². The molecule has 120 valence electrons. The molecule has 4 rings (SSSR count). The van der Waals surface area contributed by atoms with E-state index in [9.17, 15) is 4.79 Å². The molecule has 2 aromatic carbocycles. The van der Waals surface area contributed by atoms with Gasteiger partial charge in [-0.1, -0.05) is 42.5 Å². The third-order valence-corrected chi connectivity index (χ3v) is 4.34. The van der Waals surface area contributed by atoms with E-state index < -0.39 is 0 Å². The summed E-state index contributed by atoms with van der Waals surface area (Å²) in [7, 11) is 0. The van der Waals surface area contributed by atoms with Gasteiger partial charge in [0, 0.05) is 5.56 Å². The Kier molecular flexibility index (Phi) is 3.83. The van der Waals surface area contributed by atoms with Crippen LogP contribution >= 0.6 is 0 Å². The lowest BCUT2D eigenvalue weighted by Crippen LogP contribution is -2.15. The van der Waals surface area contributed by atoms with E-state index in [-0.39, 0.29) is 5.91 Å². The van der Waals surface area contributed by atoms with Gasteiger partial charge in [-0.25, -0.2) is 9.67 Å². The molecule has 0 spiro atoms. The number of hydrogen-bond acceptors (Lipinski definition) is 3. The van der Waals surface area contributed by atoms with Crippen molar-refractivity contribution in [3.05, 3.63) is 77.1 Å². The van der Waals surface area contributed by atoms with Crippen molar-refractivity contribution in [3.8, 4) is 0 Å². The summed E-state index contributed by atoms with van der Waals surface area (Å²) in [6, 6.07) is 16.0. The van der Waals surface area contributed by atoms with Crippen molar-refractivity contribution in [2.24, 2.45) is 0 Å².